The van der Waals surface area contributed by atoms with E-state index in [9.17, 15) is 4.79 Å². The minimum absolute atomic E-state index is 0.103. The van der Waals surface area contributed by atoms with E-state index in [2.05, 4.69) is 21.7 Å². The highest BCUT2D eigenvalue weighted by atomic mass is 32.2. The minimum atomic E-state index is -0.105. The number of rotatable bonds is 4. The molecule has 2 aliphatic rings. The fourth-order valence-electron chi connectivity index (χ4n) is 2.65. The van der Waals surface area contributed by atoms with Crippen LogP contribution in [0.15, 0.2) is 41.7 Å². The van der Waals surface area contributed by atoms with E-state index < -0.39 is 0 Å². The molecule has 1 aromatic carbocycles. The van der Waals surface area contributed by atoms with Gasteiger partial charge >= 0.3 is 5.97 Å². The van der Waals surface area contributed by atoms with Gasteiger partial charge in [-0.1, -0.05) is 42.1 Å². The van der Waals surface area contributed by atoms with Crippen LogP contribution in [-0.4, -0.2) is 27.4 Å². The third kappa shape index (κ3) is 2.46. The van der Waals surface area contributed by atoms with Crippen LogP contribution in [0.1, 0.15) is 25.3 Å². The first-order chi connectivity index (χ1) is 10.3. The van der Waals surface area contributed by atoms with Gasteiger partial charge in [-0.2, -0.15) is 0 Å². The Kier molecular flexibility index (Phi) is 3.22. The standard InChI is InChI=1S/C16H16N2O2S/c19-15-14(8-9-20-15)21-16-17-10-13(18(16)12-6-7-12)11-4-2-1-3-5-11/h1-5,10,12,14H,6-9H2. The van der Waals surface area contributed by atoms with Crippen molar-refractivity contribution in [3.63, 3.8) is 0 Å². The highest BCUT2D eigenvalue weighted by Crippen LogP contribution is 2.43. The summed E-state index contributed by atoms with van der Waals surface area (Å²) in [4.78, 5) is 16.2. The topological polar surface area (TPSA) is 44.1 Å². The maximum absolute atomic E-state index is 11.7. The average molecular weight is 300 g/mol. The smallest absolute Gasteiger partial charge is 0.319 e. The number of aromatic nitrogens is 2. The summed E-state index contributed by atoms with van der Waals surface area (Å²) in [6, 6.07) is 10.8. The molecule has 4 rings (SSSR count). The number of cyclic esters (lactones) is 1. The number of nitrogens with zero attached hydrogens (tertiary/aromatic N) is 2. The lowest BCUT2D eigenvalue weighted by Gasteiger charge is -2.12. The van der Waals surface area contributed by atoms with Crippen molar-refractivity contribution in [2.24, 2.45) is 0 Å². The normalized spacial score (nSPS) is 21.5. The van der Waals surface area contributed by atoms with Crippen LogP contribution in [0.3, 0.4) is 0 Å². The van der Waals surface area contributed by atoms with E-state index in [1.54, 1.807) is 11.8 Å². The lowest BCUT2D eigenvalue weighted by Crippen LogP contribution is -2.11. The predicted molar refractivity (Wildman–Crippen MR) is 81.2 cm³/mol. The van der Waals surface area contributed by atoms with E-state index in [4.69, 9.17) is 4.74 Å². The summed E-state index contributed by atoms with van der Waals surface area (Å²) in [6.45, 7) is 0.534. The number of hydrogen-bond donors (Lipinski definition) is 0. The summed E-state index contributed by atoms with van der Waals surface area (Å²) >= 11 is 1.55. The van der Waals surface area contributed by atoms with Crippen molar-refractivity contribution in [2.75, 3.05) is 6.61 Å². The molecule has 1 unspecified atom stereocenters. The maximum Gasteiger partial charge on any atom is 0.319 e. The van der Waals surface area contributed by atoms with Crippen LogP contribution in [0.4, 0.5) is 0 Å². The van der Waals surface area contributed by atoms with Gasteiger partial charge in [-0.3, -0.25) is 4.79 Å². The number of carbonyl (C=O) groups is 1. The first kappa shape index (κ1) is 13.0. The summed E-state index contributed by atoms with van der Waals surface area (Å²) in [7, 11) is 0. The number of esters is 1. The Bertz CT molecular complexity index is 664. The third-order valence-electron chi connectivity index (χ3n) is 3.88. The van der Waals surface area contributed by atoms with Gasteiger partial charge in [-0.15, -0.1) is 0 Å². The van der Waals surface area contributed by atoms with Gasteiger partial charge in [-0.25, -0.2) is 4.98 Å². The Labute approximate surface area is 127 Å². The number of ether oxygens (including phenoxy) is 1. The van der Waals surface area contributed by atoms with Crippen molar-refractivity contribution >= 4 is 17.7 Å². The Hall–Kier alpha value is -1.75. The highest BCUT2D eigenvalue weighted by Gasteiger charge is 2.33. The molecule has 0 N–H and O–H groups in total. The molecule has 108 valence electrons. The first-order valence-electron chi connectivity index (χ1n) is 7.29. The van der Waals surface area contributed by atoms with Crippen molar-refractivity contribution in [3.05, 3.63) is 36.5 Å². The molecule has 1 saturated heterocycles. The fraction of sp³-hybridized carbons (Fsp3) is 0.375. The van der Waals surface area contributed by atoms with E-state index in [-0.39, 0.29) is 11.2 Å². The number of thioether (sulfide) groups is 1. The monoisotopic (exact) mass is 300 g/mol. The third-order valence-corrected chi connectivity index (χ3v) is 5.10. The Morgan fingerprint density at radius 1 is 1.19 bits per heavy atom. The minimum Gasteiger partial charge on any atom is -0.465 e. The maximum atomic E-state index is 11.7. The zero-order valence-electron chi connectivity index (χ0n) is 11.6. The van der Waals surface area contributed by atoms with Gasteiger partial charge in [0.15, 0.2) is 5.16 Å². The SMILES string of the molecule is O=C1OCCC1Sc1ncc(-c2ccccc2)n1C1CC1. The van der Waals surface area contributed by atoms with E-state index in [0.29, 0.717) is 12.6 Å². The molecule has 1 atom stereocenters. The Morgan fingerprint density at radius 3 is 2.67 bits per heavy atom. The molecule has 1 aliphatic heterocycles. The van der Waals surface area contributed by atoms with Gasteiger partial charge in [0, 0.05) is 12.5 Å². The lowest BCUT2D eigenvalue weighted by atomic mass is 10.2. The van der Waals surface area contributed by atoms with Crippen molar-refractivity contribution in [2.45, 2.75) is 35.7 Å². The largest absolute Gasteiger partial charge is 0.465 e. The molecule has 0 spiro atoms. The lowest BCUT2D eigenvalue weighted by molar-refractivity contribution is -0.137. The van der Waals surface area contributed by atoms with Crippen molar-refractivity contribution in [1.82, 2.24) is 9.55 Å². The number of imidazole rings is 1. The summed E-state index contributed by atoms with van der Waals surface area (Å²) in [5, 5.41) is 0.841. The number of hydrogen-bond acceptors (Lipinski definition) is 4. The van der Waals surface area contributed by atoms with Crippen LogP contribution in [0, 0.1) is 0 Å². The van der Waals surface area contributed by atoms with E-state index >= 15 is 0 Å². The van der Waals surface area contributed by atoms with Crippen LogP contribution in [0.5, 0.6) is 0 Å². The molecule has 0 amide bonds. The number of benzene rings is 1. The summed E-state index contributed by atoms with van der Waals surface area (Å²) < 4.78 is 7.35. The van der Waals surface area contributed by atoms with Gasteiger partial charge in [0.1, 0.15) is 5.25 Å². The van der Waals surface area contributed by atoms with Crippen molar-refractivity contribution in [3.8, 4) is 11.3 Å². The molecule has 4 nitrogen and oxygen atoms in total. The highest BCUT2D eigenvalue weighted by molar-refractivity contribution is 8.00. The molecule has 2 heterocycles. The summed E-state index contributed by atoms with van der Waals surface area (Å²) in [5.74, 6) is -0.105. The van der Waals surface area contributed by atoms with Crippen LogP contribution in [0.2, 0.25) is 0 Å². The molecule has 0 radical (unpaired) electrons. The zero-order chi connectivity index (χ0) is 14.2. The quantitative estimate of drug-likeness (QED) is 0.813. The molecule has 5 heteroatoms. The fourth-order valence-corrected chi connectivity index (χ4v) is 3.76. The molecule has 21 heavy (non-hydrogen) atoms. The van der Waals surface area contributed by atoms with Crippen molar-refractivity contribution < 1.29 is 9.53 Å². The van der Waals surface area contributed by atoms with Gasteiger partial charge < -0.3 is 9.30 Å². The van der Waals surface area contributed by atoms with Crippen LogP contribution < -0.4 is 0 Å². The number of carbonyl (C=O) groups excluding carboxylic acids is 1. The molecule has 1 aliphatic carbocycles. The second-order valence-electron chi connectivity index (χ2n) is 5.46. The van der Waals surface area contributed by atoms with Crippen molar-refractivity contribution in [1.29, 1.82) is 0 Å². The summed E-state index contributed by atoms with van der Waals surface area (Å²) in [5.41, 5.74) is 2.32. The Balaban J connectivity index is 1.68. The van der Waals surface area contributed by atoms with Gasteiger partial charge in [0.25, 0.3) is 0 Å². The van der Waals surface area contributed by atoms with Gasteiger partial charge in [0.2, 0.25) is 0 Å². The van der Waals surface area contributed by atoms with Crippen LogP contribution in [-0.2, 0) is 9.53 Å². The van der Waals surface area contributed by atoms with Crippen LogP contribution >= 0.6 is 11.8 Å². The van der Waals surface area contributed by atoms with Crippen LogP contribution in [0.25, 0.3) is 11.3 Å². The van der Waals surface area contributed by atoms with Gasteiger partial charge in [-0.05, 0) is 18.4 Å². The molecule has 1 aromatic heterocycles. The molecule has 2 aromatic rings. The first-order valence-corrected chi connectivity index (χ1v) is 8.17. The second kappa shape index (κ2) is 5.22. The molecular weight excluding hydrogens is 284 g/mol. The Morgan fingerprint density at radius 2 is 2.00 bits per heavy atom. The summed E-state index contributed by atoms with van der Waals surface area (Å²) in [6.07, 6.45) is 5.09. The van der Waals surface area contributed by atoms with E-state index in [0.717, 1.165) is 17.3 Å². The van der Waals surface area contributed by atoms with E-state index in [1.165, 1.54) is 18.4 Å². The van der Waals surface area contributed by atoms with Gasteiger partial charge in [0.05, 0.1) is 18.5 Å². The molecule has 1 saturated carbocycles. The molecular formula is C16H16N2O2S. The predicted octanol–water partition coefficient (Wildman–Crippen LogP) is 3.29. The molecule has 2 fully saturated rings. The second-order valence-corrected chi connectivity index (χ2v) is 6.63. The zero-order valence-corrected chi connectivity index (χ0v) is 12.4. The average Bonchev–Trinajstić information content (AvgIpc) is 3.15. The molecule has 0 bridgehead atoms. The van der Waals surface area contributed by atoms with E-state index in [1.807, 2.05) is 24.4 Å².